The van der Waals surface area contributed by atoms with Crippen molar-refractivity contribution < 1.29 is 19.0 Å². The van der Waals surface area contributed by atoms with Gasteiger partial charge in [0.1, 0.15) is 29.4 Å². The number of halogens is 2. The van der Waals surface area contributed by atoms with Crippen LogP contribution < -0.4 is 9.64 Å². The lowest BCUT2D eigenvalue weighted by molar-refractivity contribution is 0.0821. The average molecular weight is 661 g/mol. The van der Waals surface area contributed by atoms with Crippen LogP contribution in [0, 0.1) is 5.82 Å². The fourth-order valence-corrected chi connectivity index (χ4v) is 8.11. The molecule has 2 saturated heterocycles. The number of carbonyl (C=O) groups is 1. The smallest absolute Gasteiger partial charge is 0.319 e. The Morgan fingerprint density at radius 2 is 1.89 bits per heavy atom. The number of phenols is 1. The average Bonchev–Trinajstić information content (AvgIpc) is 3.57. The monoisotopic (exact) mass is 660 g/mol. The van der Waals surface area contributed by atoms with Gasteiger partial charge in [0.05, 0.1) is 23.2 Å². The zero-order chi connectivity index (χ0) is 32.4. The van der Waals surface area contributed by atoms with Gasteiger partial charge in [0, 0.05) is 44.0 Å². The number of phenolic OH excluding ortho intramolecular Hbond substituents is 1. The van der Waals surface area contributed by atoms with Crippen LogP contribution in [0.4, 0.5) is 10.2 Å². The van der Waals surface area contributed by atoms with Crippen molar-refractivity contribution >= 4 is 34.2 Å². The van der Waals surface area contributed by atoms with Crippen LogP contribution in [0.2, 0.25) is 5.02 Å². The summed E-state index contributed by atoms with van der Waals surface area (Å²) >= 11 is 6.59. The molecule has 3 aliphatic heterocycles. The van der Waals surface area contributed by atoms with Crippen LogP contribution in [-0.2, 0) is 13.1 Å². The van der Waals surface area contributed by atoms with E-state index in [-0.39, 0.29) is 40.3 Å². The van der Waals surface area contributed by atoms with E-state index in [0.29, 0.717) is 53.7 Å². The Hall–Kier alpha value is -4.03. The Morgan fingerprint density at radius 3 is 2.64 bits per heavy atom. The summed E-state index contributed by atoms with van der Waals surface area (Å²) in [6, 6.07) is 4.97. The molecule has 4 aliphatic rings. The van der Waals surface area contributed by atoms with E-state index in [4.69, 9.17) is 21.3 Å². The van der Waals surface area contributed by atoms with Gasteiger partial charge >= 0.3 is 6.01 Å². The minimum absolute atomic E-state index is 0.0393. The van der Waals surface area contributed by atoms with Gasteiger partial charge in [-0.05, 0) is 87.7 Å². The number of aromatic hydroxyl groups is 1. The largest absolute Gasteiger partial charge is 0.508 e. The van der Waals surface area contributed by atoms with Gasteiger partial charge in [-0.25, -0.2) is 4.39 Å². The molecule has 1 amide bonds. The van der Waals surface area contributed by atoms with Gasteiger partial charge in [-0.1, -0.05) is 11.6 Å². The molecule has 13 heteroatoms. The standard InChI is InChI=1S/C34H38ClFN8O3/c1-41(2)32(46)26-14-21-18-42(10-5-13-44(21)40-26)31-24-17-37-29(23-15-22(45)16-25(35)27(23)20-6-7-20)28(36)30(24)38-33(39-31)47-19-34-8-3-11-43(34)12-4-9-34/h14-17,20,45H,3-13,18-19H2,1-2H3. The van der Waals surface area contributed by atoms with Crippen molar-refractivity contribution in [2.75, 3.05) is 45.2 Å². The third-order valence-electron chi connectivity index (χ3n) is 10.2. The predicted molar refractivity (Wildman–Crippen MR) is 176 cm³/mol. The Labute approximate surface area is 277 Å². The van der Waals surface area contributed by atoms with Crippen LogP contribution in [0.15, 0.2) is 24.4 Å². The molecular weight excluding hydrogens is 623 g/mol. The molecule has 1 aromatic carbocycles. The number of anilines is 1. The highest BCUT2D eigenvalue weighted by Gasteiger charge is 2.45. The van der Waals surface area contributed by atoms with E-state index in [2.05, 4.69) is 24.9 Å². The topological polar surface area (TPSA) is 113 Å². The minimum Gasteiger partial charge on any atom is -0.508 e. The lowest BCUT2D eigenvalue weighted by atomic mass is 9.95. The molecule has 3 aromatic heterocycles. The molecule has 1 N–H and O–H groups in total. The van der Waals surface area contributed by atoms with Crippen molar-refractivity contribution in [2.24, 2.45) is 0 Å². The summed E-state index contributed by atoms with van der Waals surface area (Å²) in [6.45, 7) is 4.23. The molecule has 0 radical (unpaired) electrons. The number of hydrogen-bond donors (Lipinski definition) is 1. The number of benzene rings is 1. The SMILES string of the molecule is CN(C)C(=O)c1cc2n(n1)CCCN(c1nc(OCC34CCCN3CCC4)nc3c(F)c(-c4cc(O)cc(Cl)c4C4CC4)ncc13)C2. The summed E-state index contributed by atoms with van der Waals surface area (Å²) in [6.07, 6.45) is 8.62. The highest BCUT2D eigenvalue weighted by Crippen LogP contribution is 2.49. The summed E-state index contributed by atoms with van der Waals surface area (Å²) in [5.74, 6) is -0.111. The highest BCUT2D eigenvalue weighted by atomic mass is 35.5. The number of amides is 1. The molecule has 1 aliphatic carbocycles. The van der Waals surface area contributed by atoms with Crippen LogP contribution in [-0.4, -0.2) is 91.4 Å². The van der Waals surface area contributed by atoms with Crippen molar-refractivity contribution in [1.29, 1.82) is 0 Å². The molecule has 3 fully saturated rings. The number of rotatable bonds is 7. The normalized spacial score (nSPS) is 19.1. The molecular formula is C34H38ClFN8O3. The second kappa shape index (κ2) is 11.6. The van der Waals surface area contributed by atoms with Crippen molar-refractivity contribution in [3.05, 3.63) is 52.2 Å². The maximum absolute atomic E-state index is 16.8. The van der Waals surface area contributed by atoms with Crippen molar-refractivity contribution in [3.63, 3.8) is 0 Å². The molecule has 8 rings (SSSR count). The van der Waals surface area contributed by atoms with Crippen molar-refractivity contribution in [3.8, 4) is 23.0 Å². The van der Waals surface area contributed by atoms with E-state index in [9.17, 15) is 9.90 Å². The zero-order valence-corrected chi connectivity index (χ0v) is 27.4. The third-order valence-corrected chi connectivity index (χ3v) is 10.5. The Bertz CT molecular complexity index is 1880. The van der Waals surface area contributed by atoms with Crippen LogP contribution in [0.1, 0.15) is 72.6 Å². The first-order valence-corrected chi connectivity index (χ1v) is 16.9. The number of nitrogens with zero attached hydrogens (tertiary/aromatic N) is 8. The number of pyridine rings is 1. The van der Waals surface area contributed by atoms with E-state index >= 15 is 4.39 Å². The molecule has 246 valence electrons. The van der Waals surface area contributed by atoms with Crippen molar-refractivity contribution in [2.45, 2.75) is 69.5 Å². The minimum atomic E-state index is -0.611. The molecule has 0 spiro atoms. The third kappa shape index (κ3) is 5.35. The summed E-state index contributed by atoms with van der Waals surface area (Å²) in [7, 11) is 3.41. The van der Waals surface area contributed by atoms with Gasteiger partial charge in [0.2, 0.25) is 0 Å². The number of hydrogen-bond acceptors (Lipinski definition) is 9. The molecule has 0 atom stereocenters. The second-order valence-corrected chi connectivity index (χ2v) is 14.0. The quantitative estimate of drug-likeness (QED) is 0.279. The first-order valence-electron chi connectivity index (χ1n) is 16.5. The van der Waals surface area contributed by atoms with Crippen LogP contribution in [0.3, 0.4) is 0 Å². The van der Waals surface area contributed by atoms with E-state index in [1.54, 1.807) is 20.3 Å². The van der Waals surface area contributed by atoms with Gasteiger partial charge in [-0.2, -0.15) is 15.1 Å². The van der Waals surface area contributed by atoms with Crippen LogP contribution in [0.5, 0.6) is 11.8 Å². The summed E-state index contributed by atoms with van der Waals surface area (Å²) in [4.78, 5) is 33.0. The van der Waals surface area contributed by atoms with E-state index in [1.807, 2.05) is 10.7 Å². The first-order chi connectivity index (χ1) is 22.7. The van der Waals surface area contributed by atoms with Crippen LogP contribution >= 0.6 is 11.6 Å². The van der Waals surface area contributed by atoms with Gasteiger partial charge in [0.25, 0.3) is 5.91 Å². The molecule has 0 unspecified atom stereocenters. The molecule has 1 saturated carbocycles. The van der Waals surface area contributed by atoms with E-state index in [0.717, 1.165) is 69.3 Å². The second-order valence-electron chi connectivity index (χ2n) is 13.6. The maximum atomic E-state index is 16.8. The number of fused-ring (bicyclic) bond motifs is 3. The predicted octanol–water partition coefficient (Wildman–Crippen LogP) is 5.38. The van der Waals surface area contributed by atoms with Gasteiger partial charge in [0.15, 0.2) is 11.5 Å². The molecule has 4 aromatic rings. The summed E-state index contributed by atoms with van der Waals surface area (Å²) in [5.41, 5.74) is 2.67. The van der Waals surface area contributed by atoms with Gasteiger partial charge in [-0.3, -0.25) is 19.4 Å². The number of aryl methyl sites for hydroxylation is 1. The summed E-state index contributed by atoms with van der Waals surface area (Å²) < 4.78 is 25.1. The lowest BCUT2D eigenvalue weighted by Crippen LogP contribution is -2.43. The van der Waals surface area contributed by atoms with Crippen molar-refractivity contribution in [1.82, 2.24) is 34.5 Å². The lowest BCUT2D eigenvalue weighted by Gasteiger charge is -2.31. The van der Waals surface area contributed by atoms with Gasteiger partial charge < -0.3 is 19.6 Å². The molecule has 11 nitrogen and oxygen atoms in total. The molecule has 6 heterocycles. The van der Waals surface area contributed by atoms with Crippen LogP contribution in [0.25, 0.3) is 22.2 Å². The fraction of sp³-hybridized carbons (Fsp3) is 0.500. The maximum Gasteiger partial charge on any atom is 0.319 e. The Morgan fingerprint density at radius 1 is 1.11 bits per heavy atom. The highest BCUT2D eigenvalue weighted by molar-refractivity contribution is 6.32. The number of carbonyl (C=O) groups excluding carboxylic acids is 1. The zero-order valence-electron chi connectivity index (χ0n) is 26.7. The Kier molecular flexibility index (Phi) is 7.47. The molecule has 0 bridgehead atoms. The van der Waals surface area contributed by atoms with Gasteiger partial charge in [-0.15, -0.1) is 0 Å². The molecule has 47 heavy (non-hydrogen) atoms. The van der Waals surface area contributed by atoms with E-state index < -0.39 is 5.82 Å². The van der Waals surface area contributed by atoms with E-state index in [1.165, 1.54) is 17.0 Å². The summed E-state index contributed by atoms with van der Waals surface area (Å²) in [5, 5.41) is 15.9. The Balaban J connectivity index is 1.23. The number of aromatic nitrogens is 5. The number of ether oxygens (including phenoxy) is 1. The first kappa shape index (κ1) is 30.3. The fourth-order valence-electron chi connectivity index (χ4n) is 7.74.